The van der Waals surface area contributed by atoms with Crippen molar-refractivity contribution >= 4 is 49.8 Å². The zero-order valence-electron chi connectivity index (χ0n) is 16.7. The summed E-state index contributed by atoms with van der Waals surface area (Å²) in [5.41, 5.74) is 0.552. The van der Waals surface area contributed by atoms with Crippen LogP contribution in [0.1, 0.15) is 19.7 Å². The fraction of sp³-hybridized carbons (Fsp3) is 0.333. The monoisotopic (exact) mass is 466 g/mol. The lowest BCUT2D eigenvalue weighted by atomic mass is 10.3. The first kappa shape index (κ1) is 22.2. The lowest BCUT2D eigenvalue weighted by Gasteiger charge is -2.22. The van der Waals surface area contributed by atoms with Gasteiger partial charge in [0.2, 0.25) is 15.9 Å². The zero-order chi connectivity index (χ0) is 21.7. The highest BCUT2D eigenvalue weighted by Gasteiger charge is 2.24. The number of hydrogen-bond acceptors (Lipinski definition) is 8. The minimum atomic E-state index is -3.52. The van der Waals surface area contributed by atoms with Gasteiger partial charge >= 0.3 is 0 Å². The van der Waals surface area contributed by atoms with E-state index >= 15 is 0 Å². The van der Waals surface area contributed by atoms with Gasteiger partial charge in [-0.05, 0) is 26.0 Å². The Hall–Kier alpha value is -2.44. The average Bonchev–Trinajstić information content (AvgIpc) is 3.35. The van der Waals surface area contributed by atoms with Crippen molar-refractivity contribution < 1.29 is 13.2 Å². The van der Waals surface area contributed by atoms with Crippen molar-refractivity contribution in [3.8, 4) is 0 Å². The van der Waals surface area contributed by atoms with Crippen LogP contribution in [0.15, 0.2) is 47.1 Å². The summed E-state index contributed by atoms with van der Waals surface area (Å²) >= 11 is 2.61. The van der Waals surface area contributed by atoms with E-state index in [1.165, 1.54) is 27.4 Å². The minimum Gasteiger partial charge on any atom is -0.305 e. The summed E-state index contributed by atoms with van der Waals surface area (Å²) in [5, 5.41) is 13.6. The number of nitrogens with one attached hydrogen (secondary N) is 1. The molecule has 2 heterocycles. The molecule has 1 amide bonds. The van der Waals surface area contributed by atoms with E-state index in [4.69, 9.17) is 0 Å². The van der Waals surface area contributed by atoms with E-state index in [1.807, 2.05) is 17.6 Å². The van der Waals surface area contributed by atoms with Crippen LogP contribution in [0, 0.1) is 0 Å². The standard InChI is InChI=1S/C18H22N6O3S3/c1-4-23-15(12-24(30(3,26)27)14-8-6-5-7-9-14)21-22-18(23)29-13(2)16(25)20-17-19-10-11-28-17/h5-11,13H,4,12H2,1-3H3,(H,19,20,25). The van der Waals surface area contributed by atoms with Gasteiger partial charge in [-0.1, -0.05) is 30.0 Å². The van der Waals surface area contributed by atoms with E-state index in [0.717, 1.165) is 6.26 Å². The number of rotatable bonds is 9. The number of carbonyl (C=O) groups excluding carboxylic acids is 1. The van der Waals surface area contributed by atoms with Crippen LogP contribution >= 0.6 is 23.1 Å². The summed E-state index contributed by atoms with van der Waals surface area (Å²) in [6, 6.07) is 8.85. The van der Waals surface area contributed by atoms with Crippen LogP contribution < -0.4 is 9.62 Å². The van der Waals surface area contributed by atoms with Crippen LogP contribution in [0.4, 0.5) is 10.8 Å². The van der Waals surface area contributed by atoms with E-state index in [9.17, 15) is 13.2 Å². The van der Waals surface area contributed by atoms with Crippen molar-refractivity contribution in [2.24, 2.45) is 0 Å². The number of thiazole rings is 1. The first-order chi connectivity index (χ1) is 14.3. The molecule has 0 aliphatic carbocycles. The third-order valence-corrected chi connectivity index (χ3v) is 7.06. The highest BCUT2D eigenvalue weighted by atomic mass is 32.2. The Morgan fingerprint density at radius 2 is 2.03 bits per heavy atom. The quantitative estimate of drug-likeness (QED) is 0.483. The van der Waals surface area contributed by atoms with Crippen molar-refractivity contribution in [3.63, 3.8) is 0 Å². The number of hydrogen-bond donors (Lipinski definition) is 1. The molecule has 0 aliphatic rings. The molecule has 1 unspecified atom stereocenters. The molecule has 30 heavy (non-hydrogen) atoms. The molecule has 12 heteroatoms. The molecule has 0 radical (unpaired) electrons. The van der Waals surface area contributed by atoms with Crippen LogP contribution in [0.2, 0.25) is 0 Å². The van der Waals surface area contributed by atoms with Crippen LogP contribution in [0.3, 0.4) is 0 Å². The average molecular weight is 467 g/mol. The molecule has 0 aliphatic heterocycles. The van der Waals surface area contributed by atoms with Gasteiger partial charge in [-0.3, -0.25) is 9.10 Å². The second kappa shape index (κ2) is 9.58. The zero-order valence-corrected chi connectivity index (χ0v) is 19.2. The number of carbonyl (C=O) groups is 1. The summed E-state index contributed by atoms with van der Waals surface area (Å²) < 4.78 is 27.8. The fourth-order valence-electron chi connectivity index (χ4n) is 2.67. The maximum atomic E-state index is 12.4. The number of para-hydroxylation sites is 1. The van der Waals surface area contributed by atoms with Crippen molar-refractivity contribution in [2.45, 2.75) is 37.3 Å². The molecule has 1 N–H and O–H groups in total. The Morgan fingerprint density at radius 1 is 1.30 bits per heavy atom. The molecule has 3 rings (SSSR count). The lowest BCUT2D eigenvalue weighted by molar-refractivity contribution is -0.115. The summed E-state index contributed by atoms with van der Waals surface area (Å²) in [7, 11) is -3.52. The molecule has 160 valence electrons. The number of amides is 1. The van der Waals surface area contributed by atoms with Gasteiger partial charge in [0.15, 0.2) is 16.1 Å². The Kier molecular flexibility index (Phi) is 7.10. The largest absolute Gasteiger partial charge is 0.305 e. The van der Waals surface area contributed by atoms with Crippen LogP contribution in [0.25, 0.3) is 0 Å². The van der Waals surface area contributed by atoms with Crippen molar-refractivity contribution in [1.82, 2.24) is 19.7 Å². The SMILES string of the molecule is CCn1c(CN(c2ccccc2)S(C)(=O)=O)nnc1SC(C)C(=O)Nc1nccs1. The third-order valence-electron chi connectivity index (χ3n) is 4.15. The Labute approximate surface area is 183 Å². The number of benzene rings is 1. The molecular formula is C18H22N6O3S3. The van der Waals surface area contributed by atoms with Crippen LogP contribution in [-0.4, -0.2) is 45.6 Å². The molecule has 0 saturated heterocycles. The normalized spacial score (nSPS) is 12.5. The molecular weight excluding hydrogens is 444 g/mol. The molecule has 0 fully saturated rings. The summed E-state index contributed by atoms with van der Waals surface area (Å²) in [6.07, 6.45) is 2.78. The first-order valence-corrected chi connectivity index (χ1v) is 12.7. The van der Waals surface area contributed by atoms with E-state index in [2.05, 4.69) is 20.5 Å². The molecule has 3 aromatic rings. The molecule has 0 saturated carbocycles. The molecule has 1 atom stereocenters. The Bertz CT molecular complexity index is 1080. The van der Waals surface area contributed by atoms with Gasteiger partial charge in [0, 0.05) is 18.1 Å². The van der Waals surface area contributed by atoms with Crippen LogP contribution in [0.5, 0.6) is 0 Å². The minimum absolute atomic E-state index is 0.0456. The lowest BCUT2D eigenvalue weighted by Crippen LogP contribution is -2.30. The highest BCUT2D eigenvalue weighted by Crippen LogP contribution is 2.26. The first-order valence-electron chi connectivity index (χ1n) is 9.11. The summed E-state index contributed by atoms with van der Waals surface area (Å²) in [5.74, 6) is 0.311. The molecule has 2 aromatic heterocycles. The summed E-state index contributed by atoms with van der Waals surface area (Å²) in [4.78, 5) is 16.5. The number of nitrogens with zero attached hydrogens (tertiary/aromatic N) is 5. The Morgan fingerprint density at radius 3 is 2.63 bits per heavy atom. The second-order valence-corrected chi connectivity index (χ2v) is 10.4. The highest BCUT2D eigenvalue weighted by molar-refractivity contribution is 8.00. The van der Waals surface area contributed by atoms with Crippen molar-refractivity contribution in [1.29, 1.82) is 0 Å². The van der Waals surface area contributed by atoms with Gasteiger partial charge in [-0.15, -0.1) is 21.5 Å². The van der Waals surface area contributed by atoms with Gasteiger partial charge in [0.1, 0.15) is 0 Å². The van der Waals surface area contributed by atoms with Gasteiger partial charge in [-0.25, -0.2) is 13.4 Å². The smallest absolute Gasteiger partial charge is 0.239 e. The van der Waals surface area contributed by atoms with E-state index < -0.39 is 15.3 Å². The summed E-state index contributed by atoms with van der Waals surface area (Å²) in [6.45, 7) is 4.28. The number of aromatic nitrogens is 4. The third kappa shape index (κ3) is 5.37. The van der Waals surface area contributed by atoms with Gasteiger partial charge < -0.3 is 9.88 Å². The number of thioether (sulfide) groups is 1. The van der Waals surface area contributed by atoms with Crippen LogP contribution in [-0.2, 0) is 27.9 Å². The molecule has 1 aromatic carbocycles. The predicted molar refractivity (Wildman–Crippen MR) is 119 cm³/mol. The molecule has 0 bridgehead atoms. The van der Waals surface area contributed by atoms with Gasteiger partial charge in [0.05, 0.1) is 23.7 Å². The predicted octanol–water partition coefficient (Wildman–Crippen LogP) is 2.84. The van der Waals surface area contributed by atoms with E-state index in [-0.39, 0.29) is 12.5 Å². The maximum Gasteiger partial charge on any atom is 0.239 e. The van der Waals surface area contributed by atoms with Gasteiger partial charge in [-0.2, -0.15) is 0 Å². The maximum absolute atomic E-state index is 12.4. The van der Waals surface area contributed by atoms with Crippen molar-refractivity contribution in [3.05, 3.63) is 47.7 Å². The van der Waals surface area contributed by atoms with Crippen molar-refractivity contribution in [2.75, 3.05) is 15.9 Å². The Balaban J connectivity index is 1.78. The van der Waals surface area contributed by atoms with E-state index in [0.29, 0.717) is 28.3 Å². The fourth-order valence-corrected chi connectivity index (χ4v) is 4.99. The van der Waals surface area contributed by atoms with E-state index in [1.54, 1.807) is 42.8 Å². The second-order valence-electron chi connectivity index (χ2n) is 6.33. The number of anilines is 2. The molecule has 9 nitrogen and oxygen atoms in total. The molecule has 0 spiro atoms. The topological polar surface area (TPSA) is 110 Å². The van der Waals surface area contributed by atoms with Gasteiger partial charge in [0.25, 0.3) is 0 Å². The number of sulfonamides is 1.